The summed E-state index contributed by atoms with van der Waals surface area (Å²) in [6, 6.07) is 0. The molecular weight excluding hydrogens is 333 g/mol. The van der Waals surface area contributed by atoms with E-state index >= 15 is 0 Å². The van der Waals surface area contributed by atoms with Crippen LogP contribution in [0, 0.1) is 11.3 Å². The van der Waals surface area contributed by atoms with E-state index in [0.717, 1.165) is 12.8 Å². The van der Waals surface area contributed by atoms with Crippen LogP contribution in [0.3, 0.4) is 0 Å². The van der Waals surface area contributed by atoms with E-state index in [1.165, 1.54) is 0 Å². The van der Waals surface area contributed by atoms with Crippen molar-refractivity contribution in [2.75, 3.05) is 47.5 Å². The number of nitrogens with zero attached hydrogens (tertiary/aromatic N) is 1. The van der Waals surface area contributed by atoms with Gasteiger partial charge in [0.05, 0.1) is 33.2 Å². The summed E-state index contributed by atoms with van der Waals surface area (Å²) < 4.78 is 27.1. The molecule has 0 aromatic carbocycles. The number of ether oxygens (including phenoxy) is 1. The van der Waals surface area contributed by atoms with Gasteiger partial charge in [0.15, 0.2) is 0 Å². The molecule has 0 bridgehead atoms. The first-order valence-corrected chi connectivity index (χ1v) is 9.88. The van der Waals surface area contributed by atoms with Gasteiger partial charge in [-0.25, -0.2) is 4.57 Å². The molecule has 24 heavy (non-hydrogen) atoms. The topological polar surface area (TPSA) is 82.1 Å². The first-order chi connectivity index (χ1) is 10.8. The number of phosphoric acid groups is 1. The third-order valence-electron chi connectivity index (χ3n) is 3.70. The van der Waals surface area contributed by atoms with E-state index in [-0.39, 0.29) is 25.8 Å². The van der Waals surface area contributed by atoms with Crippen molar-refractivity contribution in [3.05, 3.63) is 0 Å². The molecule has 8 heteroatoms. The average Bonchev–Trinajstić information content (AvgIpc) is 2.40. The van der Waals surface area contributed by atoms with Crippen LogP contribution in [0.1, 0.15) is 40.5 Å². The average molecular weight is 368 g/mol. The van der Waals surface area contributed by atoms with E-state index in [1.54, 1.807) is 0 Å². The van der Waals surface area contributed by atoms with Gasteiger partial charge in [-0.15, -0.1) is 0 Å². The molecule has 144 valence electrons. The van der Waals surface area contributed by atoms with Crippen molar-refractivity contribution in [2.24, 2.45) is 11.3 Å². The van der Waals surface area contributed by atoms with Gasteiger partial charge in [0.25, 0.3) is 0 Å². The van der Waals surface area contributed by atoms with Gasteiger partial charge in [-0.3, -0.25) is 13.8 Å². The van der Waals surface area contributed by atoms with Crippen molar-refractivity contribution in [3.8, 4) is 0 Å². The summed E-state index contributed by atoms with van der Waals surface area (Å²) in [4.78, 5) is 21.6. The molecule has 2 atom stereocenters. The number of likely N-dealkylation sites (N-methyl/N-ethyl adjacent to an activating group) is 1. The van der Waals surface area contributed by atoms with Gasteiger partial charge in [-0.2, -0.15) is 0 Å². The number of rotatable bonds is 12. The number of quaternary nitrogens is 1. The van der Waals surface area contributed by atoms with Crippen molar-refractivity contribution in [3.63, 3.8) is 0 Å². The second-order valence-electron chi connectivity index (χ2n) is 7.89. The normalized spacial score (nSPS) is 16.5. The van der Waals surface area contributed by atoms with Gasteiger partial charge in [0.2, 0.25) is 0 Å². The molecule has 0 aromatic heterocycles. The molecule has 0 saturated carbocycles. The Morgan fingerprint density at radius 3 is 2.21 bits per heavy atom. The summed E-state index contributed by atoms with van der Waals surface area (Å²) in [6.07, 6.45) is 1.73. The Morgan fingerprint density at radius 2 is 1.71 bits per heavy atom. The predicted octanol–water partition coefficient (Wildman–Crippen LogP) is 2.83. The van der Waals surface area contributed by atoms with Crippen molar-refractivity contribution >= 4 is 13.8 Å². The molecule has 0 aromatic rings. The molecule has 0 fully saturated rings. The largest absolute Gasteiger partial charge is 0.472 e. The maximum Gasteiger partial charge on any atom is 0.472 e. The Hall–Kier alpha value is -0.460. The van der Waals surface area contributed by atoms with Crippen LogP contribution in [0.25, 0.3) is 0 Å². The fraction of sp³-hybridized carbons (Fsp3) is 0.938. The lowest BCUT2D eigenvalue weighted by atomic mass is 9.82. The van der Waals surface area contributed by atoms with Gasteiger partial charge in [-0.05, 0) is 26.2 Å². The molecule has 0 amide bonds. The zero-order chi connectivity index (χ0) is 19.0. The Balaban J connectivity index is 4.10. The number of carbonyl (C=O) groups is 1. The second-order valence-corrected chi connectivity index (χ2v) is 9.34. The summed E-state index contributed by atoms with van der Waals surface area (Å²) >= 11 is 0. The lowest BCUT2D eigenvalue weighted by Gasteiger charge is -2.25. The predicted molar refractivity (Wildman–Crippen MR) is 93.4 cm³/mol. The molecule has 2 unspecified atom stereocenters. The number of carbonyl (C=O) groups excluding carboxylic acids is 1. The van der Waals surface area contributed by atoms with Gasteiger partial charge in [-0.1, -0.05) is 20.3 Å². The van der Waals surface area contributed by atoms with E-state index in [4.69, 9.17) is 13.8 Å². The minimum atomic E-state index is -4.11. The van der Waals surface area contributed by atoms with Crippen molar-refractivity contribution < 1.29 is 32.5 Å². The maximum absolute atomic E-state index is 12.1. The van der Waals surface area contributed by atoms with Crippen molar-refractivity contribution in [2.45, 2.75) is 40.5 Å². The van der Waals surface area contributed by atoms with E-state index in [9.17, 15) is 14.3 Å². The Labute approximate surface area is 146 Å². The first kappa shape index (κ1) is 23.5. The summed E-state index contributed by atoms with van der Waals surface area (Å²) in [5.41, 5.74) is -0.584. The van der Waals surface area contributed by atoms with E-state index < -0.39 is 13.2 Å². The van der Waals surface area contributed by atoms with Crippen LogP contribution >= 0.6 is 7.82 Å². The van der Waals surface area contributed by atoms with Crippen LogP contribution in [0.4, 0.5) is 0 Å². The lowest BCUT2D eigenvalue weighted by molar-refractivity contribution is -0.870. The Bertz CT molecular complexity index is 433. The summed E-state index contributed by atoms with van der Waals surface area (Å²) in [6.45, 7) is 8.28. The fourth-order valence-electron chi connectivity index (χ4n) is 2.05. The third kappa shape index (κ3) is 11.2. The molecule has 0 rings (SSSR count). The monoisotopic (exact) mass is 368 g/mol. The van der Waals surface area contributed by atoms with Gasteiger partial charge < -0.3 is 14.1 Å². The molecule has 0 aliphatic heterocycles. The highest BCUT2D eigenvalue weighted by molar-refractivity contribution is 7.47. The minimum absolute atomic E-state index is 0.0774. The lowest BCUT2D eigenvalue weighted by Crippen LogP contribution is -2.37. The zero-order valence-corrected chi connectivity index (χ0v) is 17.1. The third-order valence-corrected chi connectivity index (χ3v) is 4.71. The molecular formula is C16H35NO6P+. The quantitative estimate of drug-likeness (QED) is 0.247. The van der Waals surface area contributed by atoms with Crippen LogP contribution in [0.5, 0.6) is 0 Å². The molecule has 0 heterocycles. The van der Waals surface area contributed by atoms with Crippen LogP contribution in [-0.2, 0) is 23.1 Å². The zero-order valence-electron chi connectivity index (χ0n) is 16.2. The van der Waals surface area contributed by atoms with Crippen LogP contribution in [0.15, 0.2) is 0 Å². The van der Waals surface area contributed by atoms with Crippen molar-refractivity contribution in [1.82, 2.24) is 0 Å². The molecule has 0 aliphatic carbocycles. The first-order valence-electron chi connectivity index (χ1n) is 8.38. The number of esters is 1. The van der Waals surface area contributed by atoms with Crippen LogP contribution in [-0.4, -0.2) is 62.9 Å². The summed E-state index contributed by atoms with van der Waals surface area (Å²) in [5, 5.41) is 0. The number of phosphoric ester groups is 1. The Kier molecular flexibility index (Phi) is 9.69. The summed E-state index contributed by atoms with van der Waals surface area (Å²) in [5.74, 6) is 0.0983. The Morgan fingerprint density at radius 1 is 1.17 bits per heavy atom. The maximum atomic E-state index is 12.1. The highest BCUT2D eigenvalue weighted by atomic mass is 31.2. The molecule has 0 aliphatic rings. The van der Waals surface area contributed by atoms with Gasteiger partial charge in [0, 0.05) is 0 Å². The SMILES string of the molecule is CCC(C)CC(C)(C)C(=O)OCCOP(=O)(O)OCC[N+](C)(C)C. The van der Waals surface area contributed by atoms with Gasteiger partial charge >= 0.3 is 13.8 Å². The molecule has 7 nitrogen and oxygen atoms in total. The van der Waals surface area contributed by atoms with E-state index in [2.05, 4.69) is 13.8 Å². The summed E-state index contributed by atoms with van der Waals surface area (Å²) in [7, 11) is 1.75. The van der Waals surface area contributed by atoms with Crippen molar-refractivity contribution in [1.29, 1.82) is 0 Å². The molecule has 0 radical (unpaired) electrons. The number of hydrogen-bond acceptors (Lipinski definition) is 5. The van der Waals surface area contributed by atoms with Crippen LogP contribution < -0.4 is 0 Å². The smallest absolute Gasteiger partial charge is 0.463 e. The van der Waals surface area contributed by atoms with E-state index in [0.29, 0.717) is 16.9 Å². The van der Waals surface area contributed by atoms with Gasteiger partial charge in [0.1, 0.15) is 19.8 Å². The van der Waals surface area contributed by atoms with Crippen LogP contribution in [0.2, 0.25) is 0 Å². The standard InChI is InChI=1S/C16H34NO6P/c1-8-14(2)13-16(3,4)15(18)21-11-12-23-24(19,20)22-10-9-17(5,6)7/h14H,8-13H2,1-7H3/p+1. The highest BCUT2D eigenvalue weighted by Crippen LogP contribution is 2.42. The second kappa shape index (κ2) is 9.88. The highest BCUT2D eigenvalue weighted by Gasteiger charge is 2.31. The number of hydrogen-bond donors (Lipinski definition) is 1. The molecule has 0 saturated heterocycles. The molecule has 1 N–H and O–H groups in total. The minimum Gasteiger partial charge on any atom is -0.463 e. The molecule has 0 spiro atoms. The fourth-order valence-corrected chi connectivity index (χ4v) is 2.74. The van der Waals surface area contributed by atoms with E-state index in [1.807, 2.05) is 35.0 Å².